The summed E-state index contributed by atoms with van der Waals surface area (Å²) < 4.78 is 42.6. The molecule has 1 aromatic rings. The van der Waals surface area contributed by atoms with Gasteiger partial charge in [0.25, 0.3) is 6.43 Å². The van der Waals surface area contributed by atoms with E-state index >= 15 is 0 Å². The molecule has 0 atom stereocenters. The fourth-order valence-corrected chi connectivity index (χ4v) is 1.18. The second-order valence-corrected chi connectivity index (χ2v) is 3.03. The molecule has 0 bridgehead atoms. The van der Waals surface area contributed by atoms with Crippen LogP contribution in [0, 0.1) is 17.1 Å². The zero-order chi connectivity index (χ0) is 13.0. The number of carbonyl (C=O) groups excluding carboxylic acids is 1. The Kier molecular flexibility index (Phi) is 4.04. The summed E-state index contributed by atoms with van der Waals surface area (Å²) in [6, 6.07) is 2.05. The highest BCUT2D eigenvalue weighted by atomic mass is 19.3. The minimum absolute atomic E-state index is 0.289. The van der Waals surface area contributed by atoms with Crippen molar-refractivity contribution >= 4 is 5.97 Å². The van der Waals surface area contributed by atoms with Crippen LogP contribution in [0.15, 0.2) is 6.07 Å². The van der Waals surface area contributed by atoms with Gasteiger partial charge in [0.05, 0.1) is 13.5 Å². The maximum absolute atomic E-state index is 13.2. The van der Waals surface area contributed by atoms with Crippen LogP contribution in [0.5, 0.6) is 0 Å². The van der Waals surface area contributed by atoms with E-state index in [4.69, 9.17) is 5.26 Å². The van der Waals surface area contributed by atoms with Gasteiger partial charge in [0.1, 0.15) is 11.8 Å². The topological polar surface area (TPSA) is 63.0 Å². The molecule has 0 aromatic carbocycles. The van der Waals surface area contributed by atoms with Gasteiger partial charge >= 0.3 is 5.97 Å². The molecule has 0 amide bonds. The molecule has 17 heavy (non-hydrogen) atoms. The Bertz CT molecular complexity index is 483. The van der Waals surface area contributed by atoms with Gasteiger partial charge in [0.2, 0.25) is 0 Å². The molecule has 0 N–H and O–H groups in total. The van der Waals surface area contributed by atoms with Gasteiger partial charge in [-0.15, -0.1) is 0 Å². The fourth-order valence-electron chi connectivity index (χ4n) is 1.18. The highest BCUT2D eigenvalue weighted by Crippen LogP contribution is 2.23. The molecule has 90 valence electrons. The Morgan fingerprint density at radius 1 is 1.65 bits per heavy atom. The van der Waals surface area contributed by atoms with Gasteiger partial charge < -0.3 is 4.74 Å². The predicted octanol–water partition coefficient (Wildman–Crippen LogP) is 1.75. The summed E-state index contributed by atoms with van der Waals surface area (Å²) >= 11 is 0. The number of hydrogen-bond acceptors (Lipinski definition) is 4. The van der Waals surface area contributed by atoms with Crippen LogP contribution in [0.3, 0.4) is 0 Å². The van der Waals surface area contributed by atoms with Gasteiger partial charge in [-0.05, 0) is 11.6 Å². The Balaban J connectivity index is 3.24. The van der Waals surface area contributed by atoms with Crippen LogP contribution in [-0.4, -0.2) is 18.1 Å². The highest BCUT2D eigenvalue weighted by molar-refractivity contribution is 5.72. The maximum atomic E-state index is 13.2. The zero-order valence-electron chi connectivity index (χ0n) is 8.71. The molecule has 0 aliphatic heterocycles. The number of ether oxygens (including phenoxy) is 1. The van der Waals surface area contributed by atoms with E-state index in [1.165, 1.54) is 6.07 Å². The van der Waals surface area contributed by atoms with Crippen molar-refractivity contribution in [1.29, 1.82) is 5.26 Å². The third kappa shape index (κ3) is 2.93. The Morgan fingerprint density at radius 3 is 2.76 bits per heavy atom. The summed E-state index contributed by atoms with van der Waals surface area (Å²) in [7, 11) is 1.08. The van der Waals surface area contributed by atoms with Crippen molar-refractivity contribution in [1.82, 2.24) is 4.98 Å². The molecule has 1 heterocycles. The van der Waals surface area contributed by atoms with Crippen LogP contribution < -0.4 is 0 Å². The third-order valence-corrected chi connectivity index (χ3v) is 1.96. The smallest absolute Gasteiger partial charge is 0.310 e. The summed E-state index contributed by atoms with van der Waals surface area (Å²) in [5.74, 6) is -1.84. The van der Waals surface area contributed by atoms with Crippen molar-refractivity contribution in [2.24, 2.45) is 0 Å². The molecule has 0 aliphatic rings. The average Bonchev–Trinajstić information content (AvgIpc) is 2.28. The number of nitrogens with zero attached hydrogens (tertiary/aromatic N) is 2. The Morgan fingerprint density at radius 2 is 2.29 bits per heavy atom. The van der Waals surface area contributed by atoms with Crippen LogP contribution in [0.2, 0.25) is 0 Å². The standard InChI is InChI=1S/C10H7F3N2O2/c1-17-8(16)3-5-2-6(11)7(4-14)15-9(5)10(12)13/h2,10H,3H2,1H3. The first kappa shape index (κ1) is 13.0. The lowest BCUT2D eigenvalue weighted by atomic mass is 10.1. The van der Waals surface area contributed by atoms with Crippen LogP contribution in [0.25, 0.3) is 0 Å². The number of rotatable bonds is 3. The molecule has 0 unspecified atom stereocenters. The van der Waals surface area contributed by atoms with Crippen LogP contribution in [-0.2, 0) is 16.0 Å². The molecule has 0 saturated carbocycles. The number of nitriles is 1. The number of halogens is 3. The maximum Gasteiger partial charge on any atom is 0.310 e. The van der Waals surface area contributed by atoms with Crippen molar-refractivity contribution in [2.75, 3.05) is 7.11 Å². The predicted molar refractivity (Wildman–Crippen MR) is 49.6 cm³/mol. The van der Waals surface area contributed by atoms with Gasteiger partial charge in [-0.2, -0.15) is 5.26 Å². The zero-order valence-corrected chi connectivity index (χ0v) is 8.71. The average molecular weight is 244 g/mol. The van der Waals surface area contributed by atoms with E-state index in [0.717, 1.165) is 7.11 Å². The number of hydrogen-bond donors (Lipinski definition) is 0. The molecular weight excluding hydrogens is 237 g/mol. The van der Waals surface area contributed by atoms with E-state index in [-0.39, 0.29) is 5.56 Å². The van der Waals surface area contributed by atoms with Gasteiger partial charge in [-0.25, -0.2) is 18.2 Å². The van der Waals surface area contributed by atoms with Crippen molar-refractivity contribution in [3.63, 3.8) is 0 Å². The summed E-state index contributed by atoms with van der Waals surface area (Å²) in [6.07, 6.45) is -3.52. The molecule has 0 fully saturated rings. The summed E-state index contributed by atoms with van der Waals surface area (Å²) in [5.41, 5.74) is -1.80. The molecule has 7 heteroatoms. The number of pyridine rings is 1. The first-order chi connectivity index (χ1) is 7.99. The Hall–Kier alpha value is -2.10. The molecule has 1 rings (SSSR count). The second kappa shape index (κ2) is 5.30. The van der Waals surface area contributed by atoms with Gasteiger partial charge in [0.15, 0.2) is 11.5 Å². The van der Waals surface area contributed by atoms with Crippen molar-refractivity contribution < 1.29 is 22.7 Å². The van der Waals surface area contributed by atoms with Crippen LogP contribution in [0.1, 0.15) is 23.4 Å². The van der Waals surface area contributed by atoms with E-state index in [0.29, 0.717) is 6.07 Å². The molecule has 0 aliphatic carbocycles. The quantitative estimate of drug-likeness (QED) is 0.760. The Labute approximate surface area is 94.6 Å². The van der Waals surface area contributed by atoms with E-state index in [1.807, 2.05) is 0 Å². The van der Waals surface area contributed by atoms with Gasteiger partial charge in [-0.1, -0.05) is 0 Å². The highest BCUT2D eigenvalue weighted by Gasteiger charge is 2.20. The lowest BCUT2D eigenvalue weighted by Crippen LogP contribution is -2.10. The number of carbonyl (C=O) groups is 1. The number of methoxy groups -OCH3 is 1. The van der Waals surface area contributed by atoms with E-state index in [9.17, 15) is 18.0 Å². The molecule has 4 nitrogen and oxygen atoms in total. The summed E-state index contributed by atoms with van der Waals surface area (Å²) in [5, 5.41) is 8.45. The number of esters is 1. The molecule has 0 spiro atoms. The van der Waals surface area contributed by atoms with E-state index < -0.39 is 36.0 Å². The van der Waals surface area contributed by atoms with Gasteiger partial charge in [0, 0.05) is 0 Å². The van der Waals surface area contributed by atoms with Crippen molar-refractivity contribution in [3.05, 3.63) is 28.8 Å². The number of alkyl halides is 2. The lowest BCUT2D eigenvalue weighted by Gasteiger charge is -2.07. The second-order valence-electron chi connectivity index (χ2n) is 3.03. The minimum Gasteiger partial charge on any atom is -0.469 e. The first-order valence-corrected chi connectivity index (χ1v) is 4.44. The van der Waals surface area contributed by atoms with Gasteiger partial charge in [-0.3, -0.25) is 4.79 Å². The largest absolute Gasteiger partial charge is 0.469 e. The van der Waals surface area contributed by atoms with Crippen LogP contribution in [0.4, 0.5) is 13.2 Å². The van der Waals surface area contributed by atoms with Crippen molar-refractivity contribution in [2.45, 2.75) is 12.8 Å². The third-order valence-electron chi connectivity index (χ3n) is 1.96. The van der Waals surface area contributed by atoms with Crippen LogP contribution >= 0.6 is 0 Å². The monoisotopic (exact) mass is 244 g/mol. The van der Waals surface area contributed by atoms with Crippen molar-refractivity contribution in [3.8, 4) is 6.07 Å². The first-order valence-electron chi connectivity index (χ1n) is 4.44. The number of aromatic nitrogens is 1. The van der Waals surface area contributed by atoms with E-state index in [1.54, 1.807) is 0 Å². The lowest BCUT2D eigenvalue weighted by molar-refractivity contribution is -0.139. The summed E-state index contributed by atoms with van der Waals surface area (Å²) in [6.45, 7) is 0. The molecule has 0 saturated heterocycles. The summed E-state index contributed by atoms with van der Waals surface area (Å²) in [4.78, 5) is 14.1. The fraction of sp³-hybridized carbons (Fsp3) is 0.300. The normalized spacial score (nSPS) is 10.1. The SMILES string of the molecule is COC(=O)Cc1cc(F)c(C#N)nc1C(F)F. The van der Waals surface area contributed by atoms with E-state index in [2.05, 4.69) is 9.72 Å². The minimum atomic E-state index is -3.00. The molecular formula is C10H7F3N2O2. The molecule has 1 aromatic heterocycles. The molecule has 0 radical (unpaired) electrons.